The van der Waals surface area contributed by atoms with Crippen molar-refractivity contribution in [3.63, 3.8) is 0 Å². The number of Topliss-reactive ketones (excluding diaryl/α,β-unsaturated/α-hetero) is 1. The summed E-state index contributed by atoms with van der Waals surface area (Å²) in [6, 6.07) is 0. The van der Waals surface area contributed by atoms with Gasteiger partial charge in [-0.3, -0.25) is 4.79 Å². The lowest BCUT2D eigenvalue weighted by atomic mass is 10.3. The van der Waals surface area contributed by atoms with Gasteiger partial charge in [-0.2, -0.15) is 0 Å². The van der Waals surface area contributed by atoms with Gasteiger partial charge in [0.2, 0.25) is 0 Å². The Hall–Kier alpha value is 1.05. The number of likely N-dealkylation sites (N-methyl/N-ethyl adjacent to an activating group) is 1. The number of ketones is 1. The summed E-state index contributed by atoms with van der Waals surface area (Å²) in [4.78, 5) is 10.7. The first-order valence-corrected chi connectivity index (χ1v) is 5.61. The van der Waals surface area contributed by atoms with Crippen molar-refractivity contribution in [2.24, 2.45) is 0 Å². The molecule has 0 saturated carbocycles. The van der Waals surface area contributed by atoms with Gasteiger partial charge in [0.25, 0.3) is 0 Å². The molecule has 0 aromatic rings. The zero-order valence-electron chi connectivity index (χ0n) is 9.22. The molecule has 3 nitrogen and oxygen atoms in total. The van der Waals surface area contributed by atoms with Crippen LogP contribution in [0.3, 0.4) is 0 Å². The number of hydrogen-bond donors (Lipinski definition) is 0. The molecule has 0 bridgehead atoms. The highest BCUT2D eigenvalue weighted by molar-refractivity contribution is 14.1. The summed E-state index contributed by atoms with van der Waals surface area (Å²) in [5, 5.41) is 0. The van der Waals surface area contributed by atoms with E-state index in [0.29, 0.717) is 13.0 Å². The molecule has 0 radical (unpaired) electrons. The zero-order valence-corrected chi connectivity index (χ0v) is 13.5. The standard InChI is InChI=1S/C9H19INO2.HI/c1-8(12)7-9(10)13-6-5-11(2,3)4;/h9H,5-7H2,1-4H3;1H/q+1;/p-1. The average Bonchev–Trinajstić information content (AvgIpc) is 1.81. The van der Waals surface area contributed by atoms with Crippen molar-refractivity contribution in [1.29, 1.82) is 0 Å². The molecule has 0 fully saturated rings. The molecular formula is C9H19I2NO2. The molecule has 0 aliphatic rings. The van der Waals surface area contributed by atoms with Crippen LogP contribution in [0.4, 0.5) is 0 Å². The lowest BCUT2D eigenvalue weighted by molar-refractivity contribution is -0.870. The van der Waals surface area contributed by atoms with Gasteiger partial charge in [0.1, 0.15) is 16.4 Å². The molecule has 86 valence electrons. The number of carbonyl (C=O) groups excluding carboxylic acids is 1. The van der Waals surface area contributed by atoms with Crippen molar-refractivity contribution in [2.45, 2.75) is 17.5 Å². The van der Waals surface area contributed by atoms with E-state index in [9.17, 15) is 4.79 Å². The van der Waals surface area contributed by atoms with E-state index in [2.05, 4.69) is 43.7 Å². The van der Waals surface area contributed by atoms with E-state index in [1.165, 1.54) is 0 Å². The molecule has 0 spiro atoms. The first-order valence-electron chi connectivity index (χ1n) is 4.37. The normalized spacial score (nSPS) is 13.2. The average molecular weight is 427 g/mol. The number of carbonyl (C=O) groups is 1. The Morgan fingerprint density at radius 3 is 2.29 bits per heavy atom. The summed E-state index contributed by atoms with van der Waals surface area (Å²) in [7, 11) is 6.36. The van der Waals surface area contributed by atoms with E-state index >= 15 is 0 Å². The fraction of sp³-hybridized carbons (Fsp3) is 0.889. The molecule has 0 saturated heterocycles. The highest BCUT2D eigenvalue weighted by Gasteiger charge is 2.10. The molecule has 0 heterocycles. The summed E-state index contributed by atoms with van der Waals surface area (Å²) in [5.41, 5.74) is 0. The lowest BCUT2D eigenvalue weighted by Gasteiger charge is -2.24. The quantitative estimate of drug-likeness (QED) is 0.292. The Bertz CT molecular complexity index is 169. The van der Waals surface area contributed by atoms with E-state index < -0.39 is 0 Å². The number of hydrogen-bond acceptors (Lipinski definition) is 2. The van der Waals surface area contributed by atoms with Crippen molar-refractivity contribution >= 4 is 28.4 Å². The molecule has 1 atom stereocenters. The van der Waals surface area contributed by atoms with Crippen LogP contribution in [0.1, 0.15) is 13.3 Å². The number of nitrogens with zero attached hydrogens (tertiary/aromatic N) is 1. The Morgan fingerprint density at radius 2 is 1.93 bits per heavy atom. The Balaban J connectivity index is 0. The van der Waals surface area contributed by atoms with Gasteiger partial charge >= 0.3 is 0 Å². The second-order valence-corrected chi connectivity index (χ2v) is 5.59. The number of halogens is 2. The topological polar surface area (TPSA) is 26.3 Å². The maximum atomic E-state index is 10.7. The molecular weight excluding hydrogens is 408 g/mol. The molecule has 0 aromatic carbocycles. The van der Waals surface area contributed by atoms with Crippen LogP contribution in [0.2, 0.25) is 0 Å². The fourth-order valence-electron chi connectivity index (χ4n) is 0.739. The van der Waals surface area contributed by atoms with Crippen LogP contribution < -0.4 is 24.0 Å². The van der Waals surface area contributed by atoms with Crippen LogP contribution >= 0.6 is 22.6 Å². The van der Waals surface area contributed by atoms with Crippen LogP contribution in [0.25, 0.3) is 0 Å². The molecule has 14 heavy (non-hydrogen) atoms. The van der Waals surface area contributed by atoms with Gasteiger partial charge in [-0.05, 0) is 6.92 Å². The van der Waals surface area contributed by atoms with E-state index in [-0.39, 0.29) is 33.9 Å². The van der Waals surface area contributed by atoms with Gasteiger partial charge in [0.05, 0.1) is 27.7 Å². The summed E-state index contributed by atoms with van der Waals surface area (Å²) in [6.07, 6.45) is 0.512. The first-order chi connectivity index (χ1) is 5.81. The molecule has 0 aromatic heterocycles. The van der Waals surface area contributed by atoms with Crippen LogP contribution in [-0.2, 0) is 9.53 Å². The highest BCUT2D eigenvalue weighted by Crippen LogP contribution is 2.08. The monoisotopic (exact) mass is 427 g/mol. The molecule has 0 amide bonds. The smallest absolute Gasteiger partial charge is 0.133 e. The number of alkyl halides is 1. The molecule has 5 heteroatoms. The highest BCUT2D eigenvalue weighted by atomic mass is 127. The third-order valence-corrected chi connectivity index (χ3v) is 2.31. The van der Waals surface area contributed by atoms with Crippen molar-refractivity contribution in [3.05, 3.63) is 0 Å². The third kappa shape index (κ3) is 13.1. The summed E-state index contributed by atoms with van der Waals surface area (Å²) >= 11 is 2.16. The number of quaternary nitrogens is 1. The Morgan fingerprint density at radius 1 is 1.43 bits per heavy atom. The predicted octanol–water partition coefficient (Wildman–Crippen LogP) is -1.55. The van der Waals surface area contributed by atoms with Crippen molar-refractivity contribution in [2.75, 3.05) is 34.3 Å². The summed E-state index contributed by atoms with van der Waals surface area (Å²) < 4.78 is 6.40. The molecule has 0 N–H and O–H groups in total. The Labute approximate surface area is 117 Å². The van der Waals surface area contributed by atoms with Crippen molar-refractivity contribution < 1.29 is 38.0 Å². The fourth-order valence-corrected chi connectivity index (χ4v) is 1.61. The third-order valence-electron chi connectivity index (χ3n) is 1.51. The minimum Gasteiger partial charge on any atom is -1.00 e. The van der Waals surface area contributed by atoms with Gasteiger partial charge in [-0.25, -0.2) is 0 Å². The van der Waals surface area contributed by atoms with E-state index in [1.807, 2.05) is 0 Å². The molecule has 0 aliphatic carbocycles. The van der Waals surface area contributed by atoms with Crippen LogP contribution in [-0.4, -0.2) is 48.7 Å². The van der Waals surface area contributed by atoms with Crippen molar-refractivity contribution in [1.82, 2.24) is 0 Å². The number of rotatable bonds is 6. The maximum Gasteiger partial charge on any atom is 0.133 e. The van der Waals surface area contributed by atoms with Crippen molar-refractivity contribution in [3.8, 4) is 0 Å². The second kappa shape index (κ2) is 8.23. The molecule has 1 unspecified atom stereocenters. The van der Waals surface area contributed by atoms with Gasteiger partial charge in [-0.15, -0.1) is 0 Å². The SMILES string of the molecule is CC(=O)CC(I)OCC[N+](C)(C)C.[I-]. The van der Waals surface area contributed by atoms with Crippen LogP contribution in [0, 0.1) is 0 Å². The van der Waals surface area contributed by atoms with Gasteiger partial charge in [-0.1, -0.05) is 22.6 Å². The summed E-state index contributed by atoms with van der Waals surface area (Å²) in [5.74, 6) is 0.185. The van der Waals surface area contributed by atoms with Gasteiger partial charge < -0.3 is 33.2 Å². The van der Waals surface area contributed by atoms with Gasteiger partial charge in [0.15, 0.2) is 0 Å². The van der Waals surface area contributed by atoms with Crippen LogP contribution in [0.15, 0.2) is 0 Å². The minimum atomic E-state index is 0. The second-order valence-electron chi connectivity index (χ2n) is 4.20. The van der Waals surface area contributed by atoms with Gasteiger partial charge in [0, 0.05) is 6.42 Å². The largest absolute Gasteiger partial charge is 1.00 e. The lowest BCUT2D eigenvalue weighted by Crippen LogP contribution is -3.00. The van der Waals surface area contributed by atoms with Crippen LogP contribution in [0.5, 0.6) is 0 Å². The number of ether oxygens (including phenoxy) is 1. The van der Waals surface area contributed by atoms with E-state index in [0.717, 1.165) is 11.0 Å². The summed E-state index contributed by atoms with van der Waals surface area (Å²) in [6.45, 7) is 3.27. The molecule has 0 rings (SSSR count). The van der Waals surface area contributed by atoms with E-state index in [4.69, 9.17) is 4.74 Å². The minimum absolute atomic E-state index is 0. The predicted molar refractivity (Wildman–Crippen MR) is 62.0 cm³/mol. The Kier molecular flexibility index (Phi) is 10.3. The zero-order chi connectivity index (χ0) is 10.5. The molecule has 0 aliphatic heterocycles. The maximum absolute atomic E-state index is 10.7. The van der Waals surface area contributed by atoms with E-state index in [1.54, 1.807) is 6.92 Å². The first kappa shape index (κ1) is 17.4.